The van der Waals surface area contributed by atoms with E-state index in [0.29, 0.717) is 18.9 Å². The third kappa shape index (κ3) is 6.83. The van der Waals surface area contributed by atoms with Gasteiger partial charge in [0, 0.05) is 38.0 Å². The van der Waals surface area contributed by atoms with Crippen molar-refractivity contribution < 1.29 is 9.18 Å². The number of amides is 1. The van der Waals surface area contributed by atoms with E-state index >= 15 is 0 Å². The minimum Gasteiger partial charge on any atom is -0.357 e. The Morgan fingerprint density at radius 2 is 2.00 bits per heavy atom. The molecule has 1 saturated heterocycles. The van der Waals surface area contributed by atoms with E-state index in [0.717, 1.165) is 76.2 Å². The molecule has 0 spiro atoms. The topological polar surface area (TPSA) is 56.7 Å². The number of rotatable bonds is 8. The number of nitrogens with zero attached hydrogens (tertiary/aromatic N) is 2. The lowest BCUT2D eigenvalue weighted by atomic mass is 9.95. The van der Waals surface area contributed by atoms with E-state index in [1.165, 1.54) is 6.07 Å². The number of hydrogen-bond donors (Lipinski definition) is 2. The summed E-state index contributed by atoms with van der Waals surface area (Å²) in [7, 11) is 0. The molecule has 2 fully saturated rings. The van der Waals surface area contributed by atoms with Crippen molar-refractivity contribution in [2.45, 2.75) is 57.3 Å². The Bertz CT molecular complexity index is 693. The van der Waals surface area contributed by atoms with E-state index < -0.39 is 0 Å². The molecule has 0 radical (unpaired) electrons. The summed E-state index contributed by atoms with van der Waals surface area (Å²) in [6.45, 7) is 5.86. The molecule has 1 aromatic rings. The van der Waals surface area contributed by atoms with Gasteiger partial charge in [0.1, 0.15) is 5.82 Å². The van der Waals surface area contributed by atoms with Crippen LogP contribution in [0, 0.1) is 5.82 Å². The molecular formula is C22H34FIN4O. The summed E-state index contributed by atoms with van der Waals surface area (Å²) in [6, 6.07) is 7.05. The Morgan fingerprint density at radius 1 is 1.21 bits per heavy atom. The molecule has 1 saturated carbocycles. The lowest BCUT2D eigenvalue weighted by Gasteiger charge is -2.21. The summed E-state index contributed by atoms with van der Waals surface area (Å²) in [6.07, 6.45) is 6.84. The first-order valence-corrected chi connectivity index (χ1v) is 10.7. The molecule has 2 aliphatic rings. The zero-order valence-electron chi connectivity index (χ0n) is 17.4. The van der Waals surface area contributed by atoms with Crippen LogP contribution < -0.4 is 10.6 Å². The number of halogens is 2. The maximum Gasteiger partial charge on any atom is 0.222 e. The molecule has 1 aliphatic heterocycles. The normalized spacial score (nSPS) is 18.6. The standard InChI is InChI=1S/C22H33FN4O.HI/c1-2-24-21(25-14-8-16-27-15-7-3-4-11-20(27)28)26-17-22(12-13-22)18-9-5-6-10-19(18)23;/h5-6,9-10H,2-4,7-8,11-17H2,1H3,(H2,24,25,26);1H. The van der Waals surface area contributed by atoms with Crippen molar-refractivity contribution in [1.29, 1.82) is 0 Å². The smallest absolute Gasteiger partial charge is 0.222 e. The first kappa shape index (κ1) is 23.9. The number of aliphatic imine (C=N–C) groups is 1. The van der Waals surface area contributed by atoms with Gasteiger partial charge < -0.3 is 15.5 Å². The Hall–Kier alpha value is -1.38. The molecule has 162 valence electrons. The molecule has 1 heterocycles. The van der Waals surface area contributed by atoms with Crippen molar-refractivity contribution in [2.24, 2.45) is 4.99 Å². The predicted molar refractivity (Wildman–Crippen MR) is 126 cm³/mol. The summed E-state index contributed by atoms with van der Waals surface area (Å²) >= 11 is 0. The second kappa shape index (κ2) is 11.7. The molecule has 2 N–H and O–H groups in total. The molecule has 5 nitrogen and oxygen atoms in total. The van der Waals surface area contributed by atoms with Crippen molar-refractivity contribution in [3.05, 3.63) is 35.6 Å². The minimum atomic E-state index is -0.147. The summed E-state index contributed by atoms with van der Waals surface area (Å²) in [5, 5.41) is 6.64. The highest BCUT2D eigenvalue weighted by atomic mass is 127. The van der Waals surface area contributed by atoms with Crippen LogP contribution >= 0.6 is 24.0 Å². The molecule has 0 bridgehead atoms. The van der Waals surface area contributed by atoms with E-state index in [9.17, 15) is 9.18 Å². The van der Waals surface area contributed by atoms with Crippen molar-refractivity contribution in [3.63, 3.8) is 0 Å². The molecule has 1 aromatic carbocycles. The van der Waals surface area contributed by atoms with Gasteiger partial charge in [0.2, 0.25) is 5.91 Å². The van der Waals surface area contributed by atoms with Gasteiger partial charge in [-0.1, -0.05) is 24.6 Å². The van der Waals surface area contributed by atoms with Crippen LogP contribution in [0.4, 0.5) is 4.39 Å². The van der Waals surface area contributed by atoms with Gasteiger partial charge in [-0.3, -0.25) is 9.79 Å². The molecule has 0 atom stereocenters. The molecule has 7 heteroatoms. The van der Waals surface area contributed by atoms with Gasteiger partial charge >= 0.3 is 0 Å². The molecule has 1 aliphatic carbocycles. The van der Waals surface area contributed by atoms with Crippen LogP contribution in [0.3, 0.4) is 0 Å². The number of benzene rings is 1. The lowest BCUT2D eigenvalue weighted by Crippen LogP contribution is -2.40. The SMILES string of the molecule is CCNC(=NCC1(c2ccccc2F)CC1)NCCCN1CCCCCC1=O.I. The van der Waals surface area contributed by atoms with Gasteiger partial charge in [-0.05, 0) is 50.7 Å². The van der Waals surface area contributed by atoms with Crippen LogP contribution in [0.2, 0.25) is 0 Å². The van der Waals surface area contributed by atoms with E-state index in [4.69, 9.17) is 4.99 Å². The monoisotopic (exact) mass is 516 g/mol. The van der Waals surface area contributed by atoms with E-state index in [1.54, 1.807) is 6.07 Å². The first-order chi connectivity index (χ1) is 13.6. The summed E-state index contributed by atoms with van der Waals surface area (Å²) in [5.41, 5.74) is 0.640. The largest absolute Gasteiger partial charge is 0.357 e. The minimum absolute atomic E-state index is 0. The fourth-order valence-electron chi connectivity index (χ4n) is 3.88. The van der Waals surface area contributed by atoms with Gasteiger partial charge in [-0.25, -0.2) is 4.39 Å². The summed E-state index contributed by atoms with van der Waals surface area (Å²) < 4.78 is 14.2. The third-order valence-electron chi connectivity index (χ3n) is 5.75. The number of guanidine groups is 1. The second-order valence-electron chi connectivity index (χ2n) is 7.93. The van der Waals surface area contributed by atoms with E-state index in [1.807, 2.05) is 24.0 Å². The Balaban J connectivity index is 0.00000300. The van der Waals surface area contributed by atoms with Gasteiger partial charge in [0.05, 0.1) is 6.54 Å². The van der Waals surface area contributed by atoms with Crippen molar-refractivity contribution in [1.82, 2.24) is 15.5 Å². The second-order valence-corrected chi connectivity index (χ2v) is 7.93. The highest BCUT2D eigenvalue weighted by molar-refractivity contribution is 14.0. The first-order valence-electron chi connectivity index (χ1n) is 10.7. The average Bonchev–Trinajstić information content (AvgIpc) is 3.50. The van der Waals surface area contributed by atoms with Crippen molar-refractivity contribution in [3.8, 4) is 0 Å². The molecule has 0 aromatic heterocycles. The van der Waals surface area contributed by atoms with Crippen LogP contribution in [0.1, 0.15) is 57.4 Å². The number of carbonyl (C=O) groups is 1. The summed E-state index contributed by atoms with van der Waals surface area (Å²) in [4.78, 5) is 18.8. The van der Waals surface area contributed by atoms with Crippen LogP contribution in [-0.4, -0.2) is 49.5 Å². The highest BCUT2D eigenvalue weighted by Gasteiger charge is 2.45. The molecule has 0 unspecified atom stereocenters. The highest BCUT2D eigenvalue weighted by Crippen LogP contribution is 2.49. The van der Waals surface area contributed by atoms with E-state index in [-0.39, 0.29) is 35.2 Å². The number of likely N-dealkylation sites (tertiary alicyclic amines) is 1. The molecular weight excluding hydrogens is 482 g/mol. The van der Waals surface area contributed by atoms with Gasteiger partial charge in [-0.2, -0.15) is 0 Å². The van der Waals surface area contributed by atoms with Gasteiger partial charge in [0.25, 0.3) is 0 Å². The molecule has 1 amide bonds. The Morgan fingerprint density at radius 3 is 2.72 bits per heavy atom. The molecule has 29 heavy (non-hydrogen) atoms. The van der Waals surface area contributed by atoms with Crippen LogP contribution in [0.15, 0.2) is 29.3 Å². The van der Waals surface area contributed by atoms with Crippen molar-refractivity contribution >= 4 is 35.8 Å². The number of carbonyl (C=O) groups excluding carboxylic acids is 1. The third-order valence-corrected chi connectivity index (χ3v) is 5.75. The number of nitrogens with one attached hydrogen (secondary N) is 2. The number of hydrogen-bond acceptors (Lipinski definition) is 2. The maximum absolute atomic E-state index is 14.2. The lowest BCUT2D eigenvalue weighted by molar-refractivity contribution is -0.130. The van der Waals surface area contributed by atoms with Gasteiger partial charge in [0.15, 0.2) is 5.96 Å². The fraction of sp³-hybridized carbons (Fsp3) is 0.636. The Labute approximate surface area is 190 Å². The van der Waals surface area contributed by atoms with Crippen LogP contribution in [-0.2, 0) is 10.2 Å². The van der Waals surface area contributed by atoms with Crippen LogP contribution in [0.25, 0.3) is 0 Å². The zero-order valence-corrected chi connectivity index (χ0v) is 19.7. The molecule has 3 rings (SSSR count). The maximum atomic E-state index is 14.2. The Kier molecular flexibility index (Phi) is 9.65. The van der Waals surface area contributed by atoms with Crippen LogP contribution in [0.5, 0.6) is 0 Å². The van der Waals surface area contributed by atoms with Gasteiger partial charge in [-0.15, -0.1) is 24.0 Å². The fourth-order valence-corrected chi connectivity index (χ4v) is 3.88. The average molecular weight is 516 g/mol. The van der Waals surface area contributed by atoms with E-state index in [2.05, 4.69) is 10.6 Å². The van der Waals surface area contributed by atoms with Crippen molar-refractivity contribution in [2.75, 3.05) is 32.7 Å². The quantitative estimate of drug-likeness (QED) is 0.239. The summed E-state index contributed by atoms with van der Waals surface area (Å²) in [5.74, 6) is 0.932. The predicted octanol–water partition coefficient (Wildman–Crippen LogP) is 3.82. The zero-order chi connectivity index (χ0) is 19.8.